The Morgan fingerprint density at radius 3 is 2.68 bits per heavy atom. The maximum absolute atomic E-state index is 13.5. The Bertz CT molecular complexity index is 714. The van der Waals surface area contributed by atoms with Crippen LogP contribution in [0.1, 0.15) is 5.69 Å². The number of hydrogen-bond donors (Lipinski definition) is 1. The molecule has 0 radical (unpaired) electrons. The van der Waals surface area contributed by atoms with Gasteiger partial charge in [-0.2, -0.15) is 0 Å². The molecule has 0 aliphatic heterocycles. The predicted molar refractivity (Wildman–Crippen MR) is 71.5 cm³/mol. The van der Waals surface area contributed by atoms with Gasteiger partial charge < -0.3 is 0 Å². The maximum atomic E-state index is 13.5. The van der Waals surface area contributed by atoms with Crippen molar-refractivity contribution in [1.29, 1.82) is 0 Å². The summed E-state index contributed by atoms with van der Waals surface area (Å²) >= 11 is 0. The zero-order chi connectivity index (χ0) is 13.9. The Kier molecular flexibility index (Phi) is 3.62. The molecule has 0 aliphatic rings. The molecular formula is C13H11FN2O2S. The lowest BCUT2D eigenvalue weighted by Crippen LogP contribution is -2.14. The van der Waals surface area contributed by atoms with E-state index in [1.165, 1.54) is 42.6 Å². The van der Waals surface area contributed by atoms with Crippen LogP contribution in [-0.4, -0.2) is 13.4 Å². The van der Waals surface area contributed by atoms with Gasteiger partial charge in [-0.1, -0.05) is 18.7 Å². The minimum absolute atomic E-state index is 0.299. The maximum Gasteiger partial charge on any atom is 0.264 e. The molecule has 6 heteroatoms. The summed E-state index contributed by atoms with van der Waals surface area (Å²) in [6.45, 7) is 3.54. The fraction of sp³-hybridized carbons (Fsp3) is 0. The van der Waals surface area contributed by atoms with Crippen LogP contribution in [0.2, 0.25) is 0 Å². The summed E-state index contributed by atoms with van der Waals surface area (Å²) in [7, 11) is -3.96. The lowest BCUT2D eigenvalue weighted by molar-refractivity contribution is 0.570. The average Bonchev–Trinajstić information content (AvgIpc) is 2.38. The van der Waals surface area contributed by atoms with Crippen LogP contribution >= 0.6 is 0 Å². The van der Waals surface area contributed by atoms with Crippen LogP contribution in [0.15, 0.2) is 54.1 Å². The third-order valence-corrected chi connectivity index (χ3v) is 3.78. The predicted octanol–water partition coefficient (Wildman–Crippen LogP) is 2.66. The Labute approximate surface area is 110 Å². The number of benzene rings is 1. The standard InChI is InChI=1S/C13H11FN2O2S/c1-2-10-9-11(7-8-15-10)16-19(17,18)13-6-4-3-5-12(13)14/h2-9H,1H2,(H,15,16). The van der Waals surface area contributed by atoms with Gasteiger partial charge in [-0.3, -0.25) is 9.71 Å². The van der Waals surface area contributed by atoms with Crippen molar-refractivity contribution in [3.63, 3.8) is 0 Å². The van der Waals surface area contributed by atoms with Gasteiger partial charge in [-0.05, 0) is 30.3 Å². The molecule has 1 heterocycles. The fourth-order valence-corrected chi connectivity index (χ4v) is 2.63. The van der Waals surface area contributed by atoms with Crippen molar-refractivity contribution in [3.05, 3.63) is 60.7 Å². The van der Waals surface area contributed by atoms with Crippen LogP contribution < -0.4 is 4.72 Å². The van der Waals surface area contributed by atoms with E-state index in [1.54, 1.807) is 0 Å². The molecule has 19 heavy (non-hydrogen) atoms. The third kappa shape index (κ3) is 2.97. The van der Waals surface area contributed by atoms with Gasteiger partial charge in [0.1, 0.15) is 10.7 Å². The lowest BCUT2D eigenvalue weighted by Gasteiger charge is -2.08. The molecule has 1 aromatic heterocycles. The minimum Gasteiger partial charge on any atom is -0.279 e. The second-order valence-corrected chi connectivity index (χ2v) is 5.36. The molecule has 4 nitrogen and oxygen atoms in total. The van der Waals surface area contributed by atoms with Crippen LogP contribution in [0.5, 0.6) is 0 Å². The first-order chi connectivity index (χ1) is 9.03. The fourth-order valence-electron chi connectivity index (χ4n) is 1.50. The SMILES string of the molecule is C=Cc1cc(NS(=O)(=O)c2ccccc2F)ccn1. The summed E-state index contributed by atoms with van der Waals surface area (Å²) in [4.78, 5) is 3.55. The zero-order valence-corrected chi connectivity index (χ0v) is 10.7. The van der Waals surface area contributed by atoms with E-state index in [9.17, 15) is 12.8 Å². The van der Waals surface area contributed by atoms with Crippen molar-refractivity contribution in [2.45, 2.75) is 4.90 Å². The number of nitrogens with one attached hydrogen (secondary N) is 1. The molecule has 0 saturated heterocycles. The summed E-state index contributed by atoms with van der Waals surface area (Å²) in [5.41, 5.74) is 0.821. The highest BCUT2D eigenvalue weighted by Gasteiger charge is 2.18. The molecule has 0 fully saturated rings. The molecular weight excluding hydrogens is 267 g/mol. The van der Waals surface area contributed by atoms with Crippen molar-refractivity contribution in [1.82, 2.24) is 4.98 Å². The van der Waals surface area contributed by atoms with Gasteiger partial charge in [0.15, 0.2) is 0 Å². The van der Waals surface area contributed by atoms with Gasteiger partial charge in [-0.25, -0.2) is 12.8 Å². The van der Waals surface area contributed by atoms with Crippen LogP contribution in [0.4, 0.5) is 10.1 Å². The molecule has 0 amide bonds. The van der Waals surface area contributed by atoms with Gasteiger partial charge in [0, 0.05) is 6.20 Å². The van der Waals surface area contributed by atoms with E-state index in [4.69, 9.17) is 0 Å². The quantitative estimate of drug-likeness (QED) is 0.935. The number of nitrogens with zero attached hydrogens (tertiary/aromatic N) is 1. The Hall–Kier alpha value is -2.21. The number of halogens is 1. The molecule has 0 bridgehead atoms. The molecule has 1 N–H and O–H groups in total. The normalized spacial score (nSPS) is 11.0. The molecule has 98 valence electrons. The van der Waals surface area contributed by atoms with E-state index in [1.807, 2.05) is 0 Å². The summed E-state index contributed by atoms with van der Waals surface area (Å²) in [6, 6.07) is 8.16. The second kappa shape index (κ2) is 5.19. The first-order valence-electron chi connectivity index (χ1n) is 5.39. The van der Waals surface area contributed by atoms with Crippen molar-refractivity contribution in [2.24, 2.45) is 0 Å². The summed E-state index contributed by atoms with van der Waals surface area (Å²) < 4.78 is 39.8. The number of rotatable bonds is 4. The number of aromatic nitrogens is 1. The number of anilines is 1. The number of hydrogen-bond acceptors (Lipinski definition) is 3. The minimum atomic E-state index is -3.96. The van der Waals surface area contributed by atoms with Gasteiger partial charge in [0.25, 0.3) is 10.0 Å². The Balaban J connectivity index is 2.36. The van der Waals surface area contributed by atoms with Gasteiger partial charge in [0.05, 0.1) is 11.4 Å². The molecule has 1 aromatic carbocycles. The monoisotopic (exact) mass is 278 g/mol. The van der Waals surface area contributed by atoms with E-state index in [-0.39, 0.29) is 0 Å². The second-order valence-electron chi connectivity index (χ2n) is 3.71. The highest BCUT2D eigenvalue weighted by atomic mass is 32.2. The smallest absolute Gasteiger partial charge is 0.264 e. The molecule has 2 rings (SSSR count). The Morgan fingerprint density at radius 2 is 2.00 bits per heavy atom. The van der Waals surface area contributed by atoms with Crippen LogP contribution in [0.3, 0.4) is 0 Å². The van der Waals surface area contributed by atoms with Crippen LogP contribution in [-0.2, 0) is 10.0 Å². The first-order valence-corrected chi connectivity index (χ1v) is 6.87. The Morgan fingerprint density at radius 1 is 1.26 bits per heavy atom. The van der Waals surface area contributed by atoms with Gasteiger partial charge in [0.2, 0.25) is 0 Å². The van der Waals surface area contributed by atoms with Crippen molar-refractivity contribution < 1.29 is 12.8 Å². The largest absolute Gasteiger partial charge is 0.279 e. The average molecular weight is 278 g/mol. The molecule has 2 aromatic rings. The van der Waals surface area contributed by atoms with Crippen LogP contribution in [0, 0.1) is 5.82 Å². The summed E-state index contributed by atoms with van der Waals surface area (Å²) in [5.74, 6) is -0.798. The van der Waals surface area contributed by atoms with E-state index in [2.05, 4.69) is 16.3 Å². The lowest BCUT2D eigenvalue weighted by atomic mass is 10.3. The van der Waals surface area contributed by atoms with Crippen LogP contribution in [0.25, 0.3) is 6.08 Å². The zero-order valence-electron chi connectivity index (χ0n) is 9.88. The van der Waals surface area contributed by atoms with E-state index >= 15 is 0 Å². The molecule has 0 aliphatic carbocycles. The van der Waals surface area contributed by atoms with Crippen molar-refractivity contribution >= 4 is 21.8 Å². The van der Waals surface area contributed by atoms with E-state index in [0.717, 1.165) is 6.07 Å². The molecule has 0 atom stereocenters. The van der Waals surface area contributed by atoms with Gasteiger partial charge in [-0.15, -0.1) is 0 Å². The first kappa shape index (κ1) is 13.2. The highest BCUT2D eigenvalue weighted by Crippen LogP contribution is 2.18. The molecule has 0 saturated carbocycles. The molecule has 0 spiro atoms. The van der Waals surface area contributed by atoms with Crippen molar-refractivity contribution in [3.8, 4) is 0 Å². The number of sulfonamides is 1. The van der Waals surface area contributed by atoms with E-state index < -0.39 is 20.7 Å². The highest BCUT2D eigenvalue weighted by molar-refractivity contribution is 7.92. The molecule has 0 unspecified atom stereocenters. The van der Waals surface area contributed by atoms with E-state index in [0.29, 0.717) is 11.4 Å². The number of pyridine rings is 1. The summed E-state index contributed by atoms with van der Waals surface area (Å²) in [6.07, 6.45) is 2.93. The van der Waals surface area contributed by atoms with Crippen molar-refractivity contribution in [2.75, 3.05) is 4.72 Å². The van der Waals surface area contributed by atoms with Gasteiger partial charge >= 0.3 is 0 Å². The summed E-state index contributed by atoms with van der Waals surface area (Å²) in [5, 5.41) is 0. The topological polar surface area (TPSA) is 59.1 Å². The third-order valence-electron chi connectivity index (χ3n) is 2.37.